The van der Waals surface area contributed by atoms with Gasteiger partial charge in [0.25, 0.3) is 0 Å². The Hall–Kier alpha value is -0.860. The SMILES string of the molecule is c1cc2c(cc1C1CCCC[N]1)CCN(C1CCCC1)C2. The second-order valence-electron chi connectivity index (χ2n) is 7.10. The maximum Gasteiger partial charge on any atom is 0.0495 e. The fourth-order valence-corrected chi connectivity index (χ4v) is 4.44. The molecule has 21 heavy (non-hydrogen) atoms. The van der Waals surface area contributed by atoms with Gasteiger partial charge in [-0.3, -0.25) is 4.90 Å². The van der Waals surface area contributed by atoms with Crippen LogP contribution in [0, 0.1) is 0 Å². The van der Waals surface area contributed by atoms with Crippen molar-refractivity contribution in [2.45, 2.75) is 70.0 Å². The molecule has 0 aromatic heterocycles. The van der Waals surface area contributed by atoms with Crippen LogP contribution in [-0.2, 0) is 13.0 Å². The summed E-state index contributed by atoms with van der Waals surface area (Å²) >= 11 is 0. The van der Waals surface area contributed by atoms with Crippen molar-refractivity contribution >= 4 is 0 Å². The van der Waals surface area contributed by atoms with Crippen molar-refractivity contribution in [2.24, 2.45) is 0 Å². The molecular weight excluding hydrogens is 256 g/mol. The zero-order chi connectivity index (χ0) is 14.1. The summed E-state index contributed by atoms with van der Waals surface area (Å²) in [6.07, 6.45) is 10.9. The van der Waals surface area contributed by atoms with E-state index in [9.17, 15) is 0 Å². The Bertz CT molecular complexity index is 484. The summed E-state index contributed by atoms with van der Waals surface area (Å²) in [7, 11) is 0. The van der Waals surface area contributed by atoms with Gasteiger partial charge in [-0.05, 0) is 48.8 Å². The Labute approximate surface area is 128 Å². The molecule has 0 spiro atoms. The van der Waals surface area contributed by atoms with Crippen LogP contribution < -0.4 is 5.32 Å². The maximum atomic E-state index is 4.82. The molecule has 1 unspecified atom stereocenters. The standard InChI is InChI=1S/C19H27N2/c1-2-6-18(5-1)21-12-10-15-13-16(8-9-17(15)14-21)19-7-3-4-11-20-19/h8-9,13,18-19H,1-7,10-12,14H2. The van der Waals surface area contributed by atoms with E-state index in [0.29, 0.717) is 6.04 Å². The summed E-state index contributed by atoms with van der Waals surface area (Å²) < 4.78 is 0. The van der Waals surface area contributed by atoms with Gasteiger partial charge in [0.05, 0.1) is 0 Å². The third-order valence-corrected chi connectivity index (χ3v) is 5.73. The molecule has 0 N–H and O–H groups in total. The number of piperidine rings is 1. The van der Waals surface area contributed by atoms with Crippen LogP contribution in [0.2, 0.25) is 0 Å². The molecule has 113 valence electrons. The van der Waals surface area contributed by atoms with Gasteiger partial charge in [0.1, 0.15) is 0 Å². The first-order chi connectivity index (χ1) is 10.4. The van der Waals surface area contributed by atoms with Gasteiger partial charge in [-0.15, -0.1) is 0 Å². The van der Waals surface area contributed by atoms with E-state index in [1.807, 2.05) is 0 Å². The van der Waals surface area contributed by atoms with E-state index in [0.717, 1.165) is 12.6 Å². The van der Waals surface area contributed by atoms with E-state index >= 15 is 0 Å². The number of benzene rings is 1. The third kappa shape index (κ3) is 2.89. The molecule has 2 nitrogen and oxygen atoms in total. The number of fused-ring (bicyclic) bond motifs is 1. The Balaban J connectivity index is 1.49. The Morgan fingerprint density at radius 3 is 2.62 bits per heavy atom. The molecule has 1 aliphatic carbocycles. The lowest BCUT2D eigenvalue weighted by Gasteiger charge is -2.34. The van der Waals surface area contributed by atoms with Crippen molar-refractivity contribution in [3.05, 3.63) is 34.9 Å². The van der Waals surface area contributed by atoms with Gasteiger partial charge in [0, 0.05) is 31.7 Å². The Kier molecular flexibility index (Phi) is 4.00. The largest absolute Gasteiger partial charge is 0.296 e. The molecule has 1 saturated carbocycles. The first kappa shape index (κ1) is 13.8. The molecule has 1 radical (unpaired) electrons. The lowest BCUT2D eigenvalue weighted by Crippen LogP contribution is -2.37. The summed E-state index contributed by atoms with van der Waals surface area (Å²) in [6.45, 7) is 3.52. The lowest BCUT2D eigenvalue weighted by atomic mass is 9.91. The highest BCUT2D eigenvalue weighted by Gasteiger charge is 2.26. The van der Waals surface area contributed by atoms with E-state index in [2.05, 4.69) is 23.1 Å². The zero-order valence-corrected chi connectivity index (χ0v) is 13.1. The topological polar surface area (TPSA) is 17.3 Å². The molecule has 2 fully saturated rings. The summed E-state index contributed by atoms with van der Waals surface area (Å²) in [5.41, 5.74) is 4.65. The second kappa shape index (κ2) is 6.10. The van der Waals surface area contributed by atoms with E-state index in [4.69, 9.17) is 5.32 Å². The molecule has 0 bridgehead atoms. The monoisotopic (exact) mass is 283 g/mol. The molecule has 1 aromatic carbocycles. The average Bonchev–Trinajstić information content (AvgIpc) is 3.09. The third-order valence-electron chi connectivity index (χ3n) is 5.73. The summed E-state index contributed by atoms with van der Waals surface area (Å²) in [4.78, 5) is 2.74. The van der Waals surface area contributed by atoms with Gasteiger partial charge < -0.3 is 0 Å². The highest BCUT2D eigenvalue weighted by Crippen LogP contribution is 2.31. The van der Waals surface area contributed by atoms with Crippen molar-refractivity contribution in [3.8, 4) is 0 Å². The van der Waals surface area contributed by atoms with Crippen molar-refractivity contribution in [3.63, 3.8) is 0 Å². The molecule has 2 aliphatic heterocycles. The van der Waals surface area contributed by atoms with Crippen LogP contribution in [-0.4, -0.2) is 24.0 Å². The normalized spacial score (nSPS) is 27.7. The van der Waals surface area contributed by atoms with Gasteiger partial charge in [0.15, 0.2) is 0 Å². The number of hydrogen-bond donors (Lipinski definition) is 0. The summed E-state index contributed by atoms with van der Waals surface area (Å²) in [5, 5.41) is 4.82. The highest BCUT2D eigenvalue weighted by atomic mass is 15.2. The van der Waals surface area contributed by atoms with Crippen LogP contribution in [0.3, 0.4) is 0 Å². The van der Waals surface area contributed by atoms with Crippen LogP contribution >= 0.6 is 0 Å². The molecule has 2 heterocycles. The van der Waals surface area contributed by atoms with Gasteiger partial charge in [-0.25, -0.2) is 5.32 Å². The van der Waals surface area contributed by atoms with Crippen molar-refractivity contribution < 1.29 is 0 Å². The molecule has 3 aliphatic rings. The van der Waals surface area contributed by atoms with Crippen LogP contribution in [0.5, 0.6) is 0 Å². The van der Waals surface area contributed by atoms with Crippen LogP contribution in [0.15, 0.2) is 18.2 Å². The molecule has 1 atom stereocenters. The average molecular weight is 283 g/mol. The van der Waals surface area contributed by atoms with E-state index in [1.54, 1.807) is 11.1 Å². The minimum absolute atomic E-state index is 0.483. The Morgan fingerprint density at radius 1 is 0.952 bits per heavy atom. The van der Waals surface area contributed by atoms with Gasteiger partial charge in [-0.1, -0.05) is 37.5 Å². The molecule has 1 aromatic rings. The van der Waals surface area contributed by atoms with Crippen molar-refractivity contribution in [1.29, 1.82) is 0 Å². The number of nitrogens with zero attached hydrogens (tertiary/aromatic N) is 2. The van der Waals surface area contributed by atoms with Crippen LogP contribution in [0.1, 0.15) is 67.7 Å². The van der Waals surface area contributed by atoms with E-state index < -0.39 is 0 Å². The van der Waals surface area contributed by atoms with Gasteiger partial charge in [-0.2, -0.15) is 0 Å². The smallest absolute Gasteiger partial charge is 0.0495 e. The molecular formula is C19H27N2. The van der Waals surface area contributed by atoms with Crippen molar-refractivity contribution in [1.82, 2.24) is 10.2 Å². The maximum absolute atomic E-state index is 4.82. The van der Waals surface area contributed by atoms with Crippen LogP contribution in [0.25, 0.3) is 0 Å². The number of hydrogen-bond acceptors (Lipinski definition) is 1. The quantitative estimate of drug-likeness (QED) is 0.806. The molecule has 1 saturated heterocycles. The summed E-state index contributed by atoms with van der Waals surface area (Å²) in [6, 6.07) is 8.58. The predicted octanol–water partition coefficient (Wildman–Crippen LogP) is 3.82. The minimum atomic E-state index is 0.483. The van der Waals surface area contributed by atoms with E-state index in [-0.39, 0.29) is 0 Å². The van der Waals surface area contributed by atoms with Gasteiger partial charge in [0.2, 0.25) is 0 Å². The van der Waals surface area contributed by atoms with Crippen molar-refractivity contribution in [2.75, 3.05) is 13.1 Å². The molecule has 2 heteroatoms. The fraction of sp³-hybridized carbons (Fsp3) is 0.684. The molecule has 0 amide bonds. The predicted molar refractivity (Wildman–Crippen MR) is 86.4 cm³/mol. The molecule has 4 rings (SSSR count). The minimum Gasteiger partial charge on any atom is -0.296 e. The number of rotatable bonds is 2. The van der Waals surface area contributed by atoms with Gasteiger partial charge >= 0.3 is 0 Å². The zero-order valence-electron chi connectivity index (χ0n) is 13.1. The second-order valence-corrected chi connectivity index (χ2v) is 7.10. The first-order valence-corrected chi connectivity index (χ1v) is 8.92. The summed E-state index contributed by atoms with van der Waals surface area (Å²) in [5.74, 6) is 0. The Morgan fingerprint density at radius 2 is 1.81 bits per heavy atom. The van der Waals surface area contributed by atoms with E-state index in [1.165, 1.54) is 70.0 Å². The highest BCUT2D eigenvalue weighted by molar-refractivity contribution is 5.35. The first-order valence-electron chi connectivity index (χ1n) is 8.92. The fourth-order valence-electron chi connectivity index (χ4n) is 4.44. The van der Waals surface area contributed by atoms with Crippen LogP contribution in [0.4, 0.5) is 0 Å². The lowest BCUT2D eigenvalue weighted by molar-refractivity contribution is 0.181.